The normalized spacial score (nSPS) is 10.0. The van der Waals surface area contributed by atoms with Gasteiger partial charge in [0.1, 0.15) is 5.82 Å². The SMILES string of the molecule is CCOCCC(=O)Nc1ccc(Cl)cn1. The van der Waals surface area contributed by atoms with Crippen LogP contribution < -0.4 is 5.32 Å². The summed E-state index contributed by atoms with van der Waals surface area (Å²) in [5.74, 6) is 0.388. The number of rotatable bonds is 5. The maximum atomic E-state index is 11.3. The molecule has 0 fully saturated rings. The molecule has 1 heterocycles. The maximum Gasteiger partial charge on any atom is 0.227 e. The number of ether oxygens (including phenoxy) is 1. The Morgan fingerprint density at radius 3 is 3.00 bits per heavy atom. The van der Waals surface area contributed by atoms with E-state index < -0.39 is 0 Å². The van der Waals surface area contributed by atoms with Gasteiger partial charge < -0.3 is 10.1 Å². The van der Waals surface area contributed by atoms with Gasteiger partial charge in [-0.25, -0.2) is 4.98 Å². The predicted octanol–water partition coefficient (Wildman–Crippen LogP) is 2.10. The minimum atomic E-state index is -0.113. The van der Waals surface area contributed by atoms with Crippen LogP contribution in [0.25, 0.3) is 0 Å². The number of amides is 1. The highest BCUT2D eigenvalue weighted by Crippen LogP contribution is 2.09. The summed E-state index contributed by atoms with van der Waals surface area (Å²) >= 11 is 5.66. The molecule has 4 nitrogen and oxygen atoms in total. The van der Waals surface area contributed by atoms with Crippen molar-refractivity contribution in [2.75, 3.05) is 18.5 Å². The number of hydrogen-bond acceptors (Lipinski definition) is 3. The van der Waals surface area contributed by atoms with Crippen LogP contribution in [0.4, 0.5) is 5.82 Å². The molecule has 0 aliphatic rings. The van der Waals surface area contributed by atoms with Crippen molar-refractivity contribution in [3.63, 3.8) is 0 Å². The van der Waals surface area contributed by atoms with E-state index in [0.717, 1.165) is 0 Å². The Morgan fingerprint density at radius 2 is 2.40 bits per heavy atom. The highest BCUT2D eigenvalue weighted by atomic mass is 35.5. The first-order valence-corrected chi connectivity index (χ1v) is 5.09. The topological polar surface area (TPSA) is 51.2 Å². The van der Waals surface area contributed by atoms with E-state index in [9.17, 15) is 4.79 Å². The second-order valence-corrected chi connectivity index (χ2v) is 3.29. The molecule has 0 aliphatic heterocycles. The van der Waals surface area contributed by atoms with Crippen molar-refractivity contribution in [3.05, 3.63) is 23.4 Å². The molecule has 0 aliphatic carbocycles. The summed E-state index contributed by atoms with van der Waals surface area (Å²) in [6.07, 6.45) is 1.82. The van der Waals surface area contributed by atoms with Crippen molar-refractivity contribution >= 4 is 23.3 Å². The van der Waals surface area contributed by atoms with Gasteiger partial charge in [-0.05, 0) is 19.1 Å². The molecule has 15 heavy (non-hydrogen) atoms. The minimum absolute atomic E-state index is 0.113. The smallest absolute Gasteiger partial charge is 0.227 e. The fraction of sp³-hybridized carbons (Fsp3) is 0.400. The Kier molecular flexibility index (Phi) is 5.07. The largest absolute Gasteiger partial charge is 0.381 e. The molecular weight excluding hydrogens is 216 g/mol. The fourth-order valence-corrected chi connectivity index (χ4v) is 1.08. The number of aromatic nitrogens is 1. The van der Waals surface area contributed by atoms with Crippen molar-refractivity contribution in [2.45, 2.75) is 13.3 Å². The third kappa shape index (κ3) is 4.76. The van der Waals surface area contributed by atoms with Crippen LogP contribution in [0.3, 0.4) is 0 Å². The Labute approximate surface area is 93.6 Å². The molecule has 5 heteroatoms. The van der Waals surface area contributed by atoms with Crippen LogP contribution >= 0.6 is 11.6 Å². The quantitative estimate of drug-likeness (QED) is 0.786. The lowest BCUT2D eigenvalue weighted by Crippen LogP contribution is -2.14. The van der Waals surface area contributed by atoms with Gasteiger partial charge in [-0.1, -0.05) is 11.6 Å². The van der Waals surface area contributed by atoms with Crippen molar-refractivity contribution in [3.8, 4) is 0 Å². The highest BCUT2D eigenvalue weighted by Gasteiger charge is 2.02. The van der Waals surface area contributed by atoms with E-state index in [1.807, 2.05) is 6.92 Å². The van der Waals surface area contributed by atoms with Gasteiger partial charge in [0, 0.05) is 12.8 Å². The Balaban J connectivity index is 2.34. The molecule has 1 amide bonds. The number of halogens is 1. The van der Waals surface area contributed by atoms with E-state index in [4.69, 9.17) is 16.3 Å². The number of anilines is 1. The monoisotopic (exact) mass is 228 g/mol. The van der Waals surface area contributed by atoms with Gasteiger partial charge in [0.05, 0.1) is 18.1 Å². The van der Waals surface area contributed by atoms with Crippen LogP contribution in [-0.4, -0.2) is 24.1 Å². The van der Waals surface area contributed by atoms with E-state index in [-0.39, 0.29) is 5.91 Å². The third-order valence-electron chi connectivity index (χ3n) is 1.67. The van der Waals surface area contributed by atoms with E-state index in [1.54, 1.807) is 12.1 Å². The Hall–Kier alpha value is -1.13. The molecule has 1 aromatic rings. The number of nitrogens with one attached hydrogen (secondary N) is 1. The molecular formula is C10H13ClN2O2. The summed E-state index contributed by atoms with van der Waals surface area (Å²) in [6, 6.07) is 3.33. The van der Waals surface area contributed by atoms with Crippen LogP contribution in [0, 0.1) is 0 Å². The van der Waals surface area contributed by atoms with Gasteiger partial charge in [0.25, 0.3) is 0 Å². The second-order valence-electron chi connectivity index (χ2n) is 2.86. The van der Waals surface area contributed by atoms with Gasteiger partial charge in [0.2, 0.25) is 5.91 Å². The average Bonchev–Trinajstić information content (AvgIpc) is 2.22. The molecule has 82 valence electrons. The summed E-state index contributed by atoms with van der Waals surface area (Å²) in [6.45, 7) is 2.93. The molecule has 1 aromatic heterocycles. The Morgan fingerprint density at radius 1 is 1.60 bits per heavy atom. The zero-order valence-corrected chi connectivity index (χ0v) is 9.25. The number of carbonyl (C=O) groups excluding carboxylic acids is 1. The van der Waals surface area contributed by atoms with Gasteiger partial charge in [-0.3, -0.25) is 4.79 Å². The predicted molar refractivity (Wildman–Crippen MR) is 59.0 cm³/mol. The lowest BCUT2D eigenvalue weighted by molar-refractivity contribution is -0.117. The summed E-state index contributed by atoms with van der Waals surface area (Å²) < 4.78 is 5.06. The molecule has 0 saturated heterocycles. The summed E-state index contributed by atoms with van der Waals surface area (Å²) in [5.41, 5.74) is 0. The average molecular weight is 229 g/mol. The maximum absolute atomic E-state index is 11.3. The van der Waals surface area contributed by atoms with Gasteiger partial charge in [-0.2, -0.15) is 0 Å². The number of pyridine rings is 1. The summed E-state index contributed by atoms with van der Waals surface area (Å²) in [7, 11) is 0. The van der Waals surface area contributed by atoms with Gasteiger partial charge in [0.15, 0.2) is 0 Å². The zero-order chi connectivity index (χ0) is 11.1. The lowest BCUT2D eigenvalue weighted by atomic mass is 10.4. The van der Waals surface area contributed by atoms with Crippen molar-refractivity contribution < 1.29 is 9.53 Å². The molecule has 0 aromatic carbocycles. The molecule has 1 rings (SSSR count). The van der Waals surface area contributed by atoms with Gasteiger partial charge >= 0.3 is 0 Å². The first-order valence-electron chi connectivity index (χ1n) is 4.71. The first-order chi connectivity index (χ1) is 7.22. The molecule has 0 radical (unpaired) electrons. The summed E-state index contributed by atoms with van der Waals surface area (Å²) in [5, 5.41) is 3.18. The van der Waals surface area contributed by atoms with Crippen LogP contribution in [0.2, 0.25) is 5.02 Å². The van der Waals surface area contributed by atoms with E-state index >= 15 is 0 Å². The van der Waals surface area contributed by atoms with Crippen LogP contribution in [0.5, 0.6) is 0 Å². The second kappa shape index (κ2) is 6.37. The molecule has 0 spiro atoms. The molecule has 1 N–H and O–H groups in total. The molecule has 0 atom stereocenters. The van der Waals surface area contributed by atoms with Crippen LogP contribution in [0.15, 0.2) is 18.3 Å². The van der Waals surface area contributed by atoms with Crippen LogP contribution in [0.1, 0.15) is 13.3 Å². The van der Waals surface area contributed by atoms with Crippen molar-refractivity contribution in [2.24, 2.45) is 0 Å². The molecule has 0 unspecified atom stereocenters. The fourth-order valence-electron chi connectivity index (χ4n) is 0.964. The van der Waals surface area contributed by atoms with E-state index in [2.05, 4.69) is 10.3 Å². The van der Waals surface area contributed by atoms with E-state index in [1.165, 1.54) is 6.20 Å². The number of carbonyl (C=O) groups is 1. The summed E-state index contributed by atoms with van der Waals surface area (Å²) in [4.78, 5) is 15.2. The van der Waals surface area contributed by atoms with Gasteiger partial charge in [-0.15, -0.1) is 0 Å². The first kappa shape index (κ1) is 11.9. The van der Waals surface area contributed by atoms with Crippen molar-refractivity contribution in [1.82, 2.24) is 4.98 Å². The Bertz CT molecular complexity index is 314. The van der Waals surface area contributed by atoms with E-state index in [0.29, 0.717) is 30.5 Å². The minimum Gasteiger partial charge on any atom is -0.381 e. The van der Waals surface area contributed by atoms with Crippen molar-refractivity contribution in [1.29, 1.82) is 0 Å². The third-order valence-corrected chi connectivity index (χ3v) is 1.90. The highest BCUT2D eigenvalue weighted by molar-refractivity contribution is 6.30. The lowest BCUT2D eigenvalue weighted by Gasteiger charge is -2.04. The molecule has 0 saturated carbocycles. The molecule has 0 bridgehead atoms. The standard InChI is InChI=1S/C10H13ClN2O2/c1-2-15-6-5-10(14)13-9-4-3-8(11)7-12-9/h3-4,7H,2,5-6H2,1H3,(H,12,13,14). The number of nitrogens with zero attached hydrogens (tertiary/aromatic N) is 1. The number of hydrogen-bond donors (Lipinski definition) is 1. The zero-order valence-electron chi connectivity index (χ0n) is 8.50. The van der Waals surface area contributed by atoms with Crippen LogP contribution in [-0.2, 0) is 9.53 Å².